The van der Waals surface area contributed by atoms with E-state index in [1.165, 1.54) is 6.33 Å². The van der Waals surface area contributed by atoms with Crippen molar-refractivity contribution >= 4 is 11.5 Å². The Bertz CT molecular complexity index is 838. The van der Waals surface area contributed by atoms with Gasteiger partial charge in [-0.2, -0.15) is 0 Å². The van der Waals surface area contributed by atoms with Gasteiger partial charge in [-0.1, -0.05) is 18.2 Å². The summed E-state index contributed by atoms with van der Waals surface area (Å²) in [6.45, 7) is 1.89. The first-order valence-corrected chi connectivity index (χ1v) is 7.56. The molecule has 0 radical (unpaired) electrons. The lowest BCUT2D eigenvalue weighted by Gasteiger charge is -2.12. The molecule has 5 heteroatoms. The minimum absolute atomic E-state index is 0.424. The van der Waals surface area contributed by atoms with Gasteiger partial charge in [0.15, 0.2) is 0 Å². The van der Waals surface area contributed by atoms with Gasteiger partial charge in [0.2, 0.25) is 0 Å². The van der Waals surface area contributed by atoms with E-state index >= 15 is 0 Å². The van der Waals surface area contributed by atoms with Gasteiger partial charge in [0.1, 0.15) is 23.6 Å². The maximum absolute atomic E-state index is 6.01. The average molecular weight is 318 g/mol. The first-order valence-electron chi connectivity index (χ1n) is 7.56. The molecule has 5 nitrogen and oxygen atoms in total. The summed E-state index contributed by atoms with van der Waals surface area (Å²) in [4.78, 5) is 12.7. The summed E-state index contributed by atoms with van der Waals surface area (Å²) in [6.07, 6.45) is 1.46. The van der Waals surface area contributed by atoms with Crippen molar-refractivity contribution in [2.75, 3.05) is 12.8 Å². The number of nitrogens with two attached hydrogens (primary N) is 1. The monoisotopic (exact) mass is 318 g/mol. The molecule has 0 spiro atoms. The van der Waals surface area contributed by atoms with E-state index in [-0.39, 0.29) is 0 Å². The summed E-state index contributed by atoms with van der Waals surface area (Å²) in [6, 6.07) is 17.4. The molecule has 0 aliphatic rings. The zero-order valence-corrected chi connectivity index (χ0v) is 13.6. The van der Waals surface area contributed by atoms with Crippen LogP contribution in [0.25, 0.3) is 0 Å². The third kappa shape index (κ3) is 3.25. The van der Waals surface area contributed by atoms with E-state index in [4.69, 9.17) is 10.5 Å². The molecule has 0 aliphatic carbocycles. The van der Waals surface area contributed by atoms with Gasteiger partial charge in [0.05, 0.1) is 17.0 Å². The molecule has 0 atom stereocenters. The fraction of sp³-hybridized carbons (Fsp3) is 0.105. The van der Waals surface area contributed by atoms with Crippen LogP contribution in [0.5, 0.6) is 11.5 Å². The van der Waals surface area contributed by atoms with Crippen molar-refractivity contribution in [2.45, 2.75) is 6.92 Å². The van der Waals surface area contributed by atoms with Crippen LogP contribution in [-0.2, 0) is 0 Å². The van der Waals surface area contributed by atoms with Crippen molar-refractivity contribution in [2.24, 2.45) is 4.99 Å². The molecule has 0 saturated carbocycles. The molecule has 0 unspecified atom stereocenters. The molecular weight excluding hydrogens is 300 g/mol. The number of benzene rings is 2. The molecule has 1 heterocycles. The normalized spacial score (nSPS) is 11.3. The highest BCUT2D eigenvalue weighted by Crippen LogP contribution is 2.23. The summed E-state index contributed by atoms with van der Waals surface area (Å²) < 4.78 is 5.81. The number of nitrogen functional groups attached to an aromatic ring is 1. The van der Waals surface area contributed by atoms with Gasteiger partial charge in [-0.05, 0) is 43.3 Å². The van der Waals surface area contributed by atoms with E-state index in [1.54, 1.807) is 7.05 Å². The van der Waals surface area contributed by atoms with Crippen LogP contribution in [0.2, 0.25) is 0 Å². The van der Waals surface area contributed by atoms with Gasteiger partial charge in [0, 0.05) is 12.6 Å². The fourth-order valence-electron chi connectivity index (χ4n) is 2.48. The molecule has 3 aromatic rings. The summed E-state index contributed by atoms with van der Waals surface area (Å²) in [5.41, 5.74) is 9.26. The molecule has 2 aromatic carbocycles. The third-order valence-corrected chi connectivity index (χ3v) is 3.63. The second kappa shape index (κ2) is 6.91. The molecule has 0 saturated heterocycles. The molecule has 1 aromatic heterocycles. The minimum Gasteiger partial charge on any atom is -0.457 e. The van der Waals surface area contributed by atoms with E-state index in [0.29, 0.717) is 5.82 Å². The zero-order valence-electron chi connectivity index (χ0n) is 13.6. The predicted molar refractivity (Wildman–Crippen MR) is 95.7 cm³/mol. The fourth-order valence-corrected chi connectivity index (χ4v) is 2.48. The van der Waals surface area contributed by atoms with Crippen molar-refractivity contribution in [3.63, 3.8) is 0 Å². The van der Waals surface area contributed by atoms with Crippen LogP contribution in [0.1, 0.15) is 16.8 Å². The molecule has 0 amide bonds. The van der Waals surface area contributed by atoms with Crippen LogP contribution in [0.3, 0.4) is 0 Å². The Labute approximate surface area is 140 Å². The number of aryl methyl sites for hydroxylation is 1. The number of anilines is 1. The van der Waals surface area contributed by atoms with Crippen molar-refractivity contribution in [3.8, 4) is 11.5 Å². The minimum atomic E-state index is 0.424. The van der Waals surface area contributed by atoms with Crippen LogP contribution >= 0.6 is 0 Å². The van der Waals surface area contributed by atoms with Crippen molar-refractivity contribution in [1.82, 2.24) is 9.97 Å². The Hall–Kier alpha value is -3.21. The number of para-hydroxylation sites is 1. The maximum Gasteiger partial charge on any atom is 0.136 e. The Morgan fingerprint density at radius 3 is 2.25 bits per heavy atom. The third-order valence-electron chi connectivity index (χ3n) is 3.63. The summed E-state index contributed by atoms with van der Waals surface area (Å²) in [7, 11) is 1.73. The van der Waals surface area contributed by atoms with Crippen LogP contribution in [0.4, 0.5) is 5.82 Å². The number of hydrogen-bond donors (Lipinski definition) is 1. The Balaban J connectivity index is 1.89. The first kappa shape index (κ1) is 15.7. The van der Waals surface area contributed by atoms with Crippen molar-refractivity contribution < 1.29 is 4.74 Å². The summed E-state index contributed by atoms with van der Waals surface area (Å²) >= 11 is 0. The Morgan fingerprint density at radius 2 is 1.62 bits per heavy atom. The zero-order chi connectivity index (χ0) is 16.9. The molecular formula is C19H18N4O. The lowest BCUT2D eigenvalue weighted by atomic mass is 10.0. The Kier molecular flexibility index (Phi) is 4.52. The van der Waals surface area contributed by atoms with Gasteiger partial charge in [0.25, 0.3) is 0 Å². The molecule has 3 rings (SSSR count). The average Bonchev–Trinajstić information content (AvgIpc) is 2.60. The maximum atomic E-state index is 6.01. The van der Waals surface area contributed by atoms with Gasteiger partial charge < -0.3 is 10.5 Å². The van der Waals surface area contributed by atoms with Gasteiger partial charge >= 0.3 is 0 Å². The highest BCUT2D eigenvalue weighted by Gasteiger charge is 2.14. The van der Waals surface area contributed by atoms with Crippen LogP contribution in [-0.4, -0.2) is 22.7 Å². The topological polar surface area (TPSA) is 73.4 Å². The second-order valence-corrected chi connectivity index (χ2v) is 5.23. The highest BCUT2D eigenvalue weighted by atomic mass is 16.5. The van der Waals surface area contributed by atoms with Crippen molar-refractivity contribution in [1.29, 1.82) is 0 Å². The van der Waals surface area contributed by atoms with Crippen LogP contribution < -0.4 is 10.5 Å². The van der Waals surface area contributed by atoms with E-state index < -0.39 is 0 Å². The molecule has 0 aliphatic heterocycles. The van der Waals surface area contributed by atoms with E-state index in [0.717, 1.165) is 34.0 Å². The van der Waals surface area contributed by atoms with Crippen LogP contribution in [0.15, 0.2) is 65.9 Å². The second-order valence-electron chi connectivity index (χ2n) is 5.23. The molecule has 0 fully saturated rings. The summed E-state index contributed by atoms with van der Waals surface area (Å²) in [5, 5.41) is 0. The number of aliphatic imine (C=N–C) groups is 1. The number of ether oxygens (including phenoxy) is 1. The SMILES string of the molecule is C/N=C(/c1ccc(Oc2ccccc2)cc1)c1c(C)ncnc1N. The predicted octanol–water partition coefficient (Wildman–Crippen LogP) is 3.63. The van der Waals surface area contributed by atoms with E-state index in [9.17, 15) is 0 Å². The largest absolute Gasteiger partial charge is 0.457 e. The van der Waals surface area contributed by atoms with E-state index in [1.807, 2.05) is 61.5 Å². The quantitative estimate of drug-likeness (QED) is 0.746. The number of nitrogens with zero attached hydrogens (tertiary/aromatic N) is 3. The number of aromatic nitrogens is 2. The number of rotatable bonds is 4. The summed E-state index contributed by atoms with van der Waals surface area (Å²) in [5.74, 6) is 1.98. The molecule has 2 N–H and O–H groups in total. The molecule has 0 bridgehead atoms. The molecule has 24 heavy (non-hydrogen) atoms. The highest BCUT2D eigenvalue weighted by molar-refractivity contribution is 6.15. The van der Waals surface area contributed by atoms with Gasteiger partial charge in [-0.3, -0.25) is 4.99 Å². The number of hydrogen-bond acceptors (Lipinski definition) is 5. The standard InChI is InChI=1S/C19H18N4O/c1-13-17(19(20)23-12-22-13)18(21-2)14-8-10-16(11-9-14)24-15-6-4-3-5-7-15/h3-12H,1-2H3,(H2,20,22,23)/b21-18-. The van der Waals surface area contributed by atoms with Gasteiger partial charge in [-0.15, -0.1) is 0 Å². The first-order chi connectivity index (χ1) is 11.7. The lowest BCUT2D eigenvalue weighted by molar-refractivity contribution is 0.482. The van der Waals surface area contributed by atoms with Gasteiger partial charge in [-0.25, -0.2) is 9.97 Å². The lowest BCUT2D eigenvalue weighted by Crippen LogP contribution is -2.11. The van der Waals surface area contributed by atoms with Crippen molar-refractivity contribution in [3.05, 3.63) is 77.7 Å². The van der Waals surface area contributed by atoms with Crippen LogP contribution in [0, 0.1) is 6.92 Å². The smallest absolute Gasteiger partial charge is 0.136 e. The molecule has 120 valence electrons. The van der Waals surface area contributed by atoms with E-state index in [2.05, 4.69) is 15.0 Å². The Morgan fingerprint density at radius 1 is 0.958 bits per heavy atom.